The normalized spacial score (nSPS) is 11.3. The number of rotatable bonds is 6. The molecule has 3 aromatic rings. The Morgan fingerprint density at radius 1 is 1.16 bits per heavy atom. The van der Waals surface area contributed by atoms with E-state index in [-0.39, 0.29) is 5.91 Å². The van der Waals surface area contributed by atoms with E-state index in [0.717, 1.165) is 17.0 Å². The lowest BCUT2D eigenvalue weighted by Crippen LogP contribution is -2.36. The van der Waals surface area contributed by atoms with Crippen LogP contribution in [0, 0.1) is 13.8 Å². The molecule has 0 saturated heterocycles. The Balaban J connectivity index is 1.81. The molecule has 0 saturated carbocycles. The van der Waals surface area contributed by atoms with Gasteiger partial charge in [0.25, 0.3) is 5.91 Å². The van der Waals surface area contributed by atoms with Crippen LogP contribution in [-0.4, -0.2) is 35.3 Å². The third-order valence-corrected chi connectivity index (χ3v) is 5.24. The summed E-state index contributed by atoms with van der Waals surface area (Å²) in [6.45, 7) is 4.50. The average molecular weight is 440 g/mol. The molecule has 7 nitrogen and oxygen atoms in total. The van der Waals surface area contributed by atoms with Crippen molar-refractivity contribution >= 4 is 29.2 Å². The summed E-state index contributed by atoms with van der Waals surface area (Å²) < 4.78 is 7.27. The van der Waals surface area contributed by atoms with E-state index in [1.165, 1.54) is 0 Å². The summed E-state index contributed by atoms with van der Waals surface area (Å²) in [4.78, 5) is 17.4. The number of aromatic nitrogens is 2. The minimum absolute atomic E-state index is 0.286. The maximum atomic E-state index is 12.7. The van der Waals surface area contributed by atoms with Crippen LogP contribution in [0.3, 0.4) is 0 Å². The highest BCUT2D eigenvalue weighted by Gasteiger charge is 2.13. The second-order valence-electron chi connectivity index (χ2n) is 7.04. The van der Waals surface area contributed by atoms with E-state index >= 15 is 0 Å². The smallest absolute Gasteiger partial charge is 0.257 e. The zero-order chi connectivity index (χ0) is 22.4. The van der Waals surface area contributed by atoms with Crippen molar-refractivity contribution < 1.29 is 9.53 Å². The molecular formula is C23H26ClN5O2. The Hall–Kier alpha value is -3.32. The molecule has 2 aromatic carbocycles. The van der Waals surface area contributed by atoms with Crippen LogP contribution in [0.1, 0.15) is 27.3 Å². The van der Waals surface area contributed by atoms with Gasteiger partial charge in [0.2, 0.25) is 5.96 Å². The summed E-state index contributed by atoms with van der Waals surface area (Å²) in [5.41, 5.74) is 4.44. The minimum atomic E-state index is -0.286. The van der Waals surface area contributed by atoms with Gasteiger partial charge in [-0.15, -0.1) is 0 Å². The van der Waals surface area contributed by atoms with Crippen LogP contribution in [0.2, 0.25) is 5.02 Å². The van der Waals surface area contributed by atoms with Gasteiger partial charge >= 0.3 is 0 Å². The lowest BCUT2D eigenvalue weighted by atomic mass is 10.1. The number of benzene rings is 2. The predicted molar refractivity (Wildman–Crippen MR) is 124 cm³/mol. The van der Waals surface area contributed by atoms with Gasteiger partial charge < -0.3 is 10.1 Å². The molecule has 0 bridgehead atoms. The zero-order valence-corrected chi connectivity index (χ0v) is 18.8. The van der Waals surface area contributed by atoms with Gasteiger partial charge in [0, 0.05) is 29.9 Å². The monoisotopic (exact) mass is 439 g/mol. The number of carbonyl (C=O) groups is 1. The quantitative estimate of drug-likeness (QED) is 0.447. The van der Waals surface area contributed by atoms with Crippen molar-refractivity contribution in [3.63, 3.8) is 0 Å². The average Bonchev–Trinajstić information content (AvgIpc) is 3.00. The number of hydrogen-bond donors (Lipinski definition) is 2. The number of ether oxygens (including phenoxy) is 1. The van der Waals surface area contributed by atoms with E-state index in [4.69, 9.17) is 16.3 Å². The SMILES string of the molecule is COc1ccccc1NC(=NCCc1c(C)nn(C)c1C)NC(=O)c1ccc(Cl)cc1. The number of aryl methyl sites for hydroxylation is 2. The third-order valence-electron chi connectivity index (χ3n) is 4.99. The second kappa shape index (κ2) is 10.1. The fourth-order valence-electron chi connectivity index (χ4n) is 3.23. The van der Waals surface area contributed by atoms with Crippen LogP contribution in [0.5, 0.6) is 5.75 Å². The Kier molecular flexibility index (Phi) is 7.31. The van der Waals surface area contributed by atoms with Gasteiger partial charge in [-0.25, -0.2) is 0 Å². The molecule has 1 aromatic heterocycles. The van der Waals surface area contributed by atoms with Crippen molar-refractivity contribution in [2.75, 3.05) is 19.0 Å². The van der Waals surface area contributed by atoms with Gasteiger partial charge in [-0.2, -0.15) is 5.10 Å². The van der Waals surface area contributed by atoms with Gasteiger partial charge in [-0.1, -0.05) is 23.7 Å². The molecule has 0 atom stereocenters. The third kappa shape index (κ3) is 5.64. The largest absolute Gasteiger partial charge is 0.495 e. The summed E-state index contributed by atoms with van der Waals surface area (Å²) in [6, 6.07) is 14.1. The summed E-state index contributed by atoms with van der Waals surface area (Å²) in [6.07, 6.45) is 0.708. The standard InChI is InChI=1S/C23H26ClN5O2/c1-15-19(16(2)29(3)28-15)13-14-25-23(26-20-7-5-6-8-21(20)31-4)27-22(30)17-9-11-18(24)12-10-17/h5-12H,13-14H2,1-4H3,(H2,25,26,27,30). The number of nitrogens with one attached hydrogen (secondary N) is 2. The number of hydrogen-bond acceptors (Lipinski definition) is 4. The first-order valence-electron chi connectivity index (χ1n) is 9.89. The summed E-state index contributed by atoms with van der Waals surface area (Å²) >= 11 is 5.93. The molecule has 162 valence electrons. The van der Waals surface area contributed by atoms with Crippen LogP contribution in [0.4, 0.5) is 5.69 Å². The van der Waals surface area contributed by atoms with Crippen molar-refractivity contribution in [3.8, 4) is 5.75 Å². The van der Waals surface area contributed by atoms with Crippen LogP contribution >= 0.6 is 11.6 Å². The molecule has 3 rings (SSSR count). The van der Waals surface area contributed by atoms with E-state index in [2.05, 4.69) is 20.7 Å². The fraction of sp³-hybridized carbons (Fsp3) is 0.261. The van der Waals surface area contributed by atoms with E-state index in [0.29, 0.717) is 40.9 Å². The highest BCUT2D eigenvalue weighted by Crippen LogP contribution is 2.23. The van der Waals surface area contributed by atoms with E-state index in [1.54, 1.807) is 31.4 Å². The van der Waals surface area contributed by atoms with Crippen molar-refractivity contribution in [1.82, 2.24) is 15.1 Å². The first kappa shape index (κ1) is 22.4. The van der Waals surface area contributed by atoms with Gasteiger partial charge in [0.05, 0.1) is 18.5 Å². The number of aliphatic imine (C=N–C) groups is 1. The highest BCUT2D eigenvalue weighted by molar-refractivity contribution is 6.30. The Morgan fingerprint density at radius 2 is 1.87 bits per heavy atom. The Labute approximate surface area is 187 Å². The molecule has 0 fully saturated rings. The predicted octanol–water partition coefficient (Wildman–Crippen LogP) is 4.14. The highest BCUT2D eigenvalue weighted by atomic mass is 35.5. The lowest BCUT2D eigenvalue weighted by molar-refractivity contribution is 0.0977. The molecule has 0 aliphatic heterocycles. The molecule has 0 spiro atoms. The molecule has 2 N–H and O–H groups in total. The maximum Gasteiger partial charge on any atom is 0.257 e. The van der Waals surface area contributed by atoms with Crippen molar-refractivity contribution in [2.24, 2.45) is 12.0 Å². The van der Waals surface area contributed by atoms with Gasteiger partial charge in [-0.3, -0.25) is 19.8 Å². The van der Waals surface area contributed by atoms with Gasteiger partial charge in [0.1, 0.15) is 5.75 Å². The summed E-state index contributed by atoms with van der Waals surface area (Å²) in [7, 11) is 3.52. The van der Waals surface area contributed by atoms with Crippen LogP contribution in [-0.2, 0) is 13.5 Å². The number of methoxy groups -OCH3 is 1. The molecular weight excluding hydrogens is 414 g/mol. The summed E-state index contributed by atoms with van der Waals surface area (Å²) in [5, 5.41) is 11.0. The topological polar surface area (TPSA) is 80.5 Å². The van der Waals surface area contributed by atoms with E-state index in [9.17, 15) is 4.79 Å². The molecule has 0 unspecified atom stereocenters. The number of para-hydroxylation sites is 2. The molecule has 8 heteroatoms. The molecule has 31 heavy (non-hydrogen) atoms. The first-order chi connectivity index (χ1) is 14.9. The molecule has 1 heterocycles. The Bertz CT molecular complexity index is 1090. The van der Waals surface area contributed by atoms with Crippen molar-refractivity contribution in [3.05, 3.63) is 76.1 Å². The number of anilines is 1. The lowest BCUT2D eigenvalue weighted by Gasteiger charge is -2.14. The molecule has 0 radical (unpaired) electrons. The number of carbonyl (C=O) groups excluding carboxylic acids is 1. The molecule has 0 aliphatic carbocycles. The molecule has 0 aliphatic rings. The minimum Gasteiger partial charge on any atom is -0.495 e. The maximum absolute atomic E-state index is 12.7. The fourth-order valence-corrected chi connectivity index (χ4v) is 3.35. The van der Waals surface area contributed by atoms with Gasteiger partial charge in [0.15, 0.2) is 0 Å². The van der Waals surface area contributed by atoms with Crippen molar-refractivity contribution in [1.29, 1.82) is 0 Å². The first-order valence-corrected chi connectivity index (χ1v) is 10.3. The molecule has 1 amide bonds. The van der Waals surface area contributed by atoms with E-state index < -0.39 is 0 Å². The van der Waals surface area contributed by atoms with Crippen LogP contribution in [0.15, 0.2) is 53.5 Å². The Morgan fingerprint density at radius 3 is 2.52 bits per heavy atom. The number of nitrogens with zero attached hydrogens (tertiary/aromatic N) is 3. The van der Waals surface area contributed by atoms with Crippen LogP contribution < -0.4 is 15.4 Å². The van der Waals surface area contributed by atoms with E-state index in [1.807, 2.05) is 49.8 Å². The van der Waals surface area contributed by atoms with Crippen LogP contribution in [0.25, 0.3) is 0 Å². The number of halogens is 1. The number of amides is 1. The van der Waals surface area contributed by atoms with Crippen molar-refractivity contribution in [2.45, 2.75) is 20.3 Å². The summed E-state index contributed by atoms with van der Waals surface area (Å²) in [5.74, 6) is 0.699. The number of guanidine groups is 1. The van der Waals surface area contributed by atoms with Gasteiger partial charge in [-0.05, 0) is 62.2 Å². The second-order valence-corrected chi connectivity index (χ2v) is 7.48. The zero-order valence-electron chi connectivity index (χ0n) is 18.1.